The Kier molecular flexibility index (Phi) is 3.79. The Hall–Kier alpha value is -1.24. The van der Waals surface area contributed by atoms with Crippen LogP contribution in [-0.4, -0.2) is 11.4 Å². The molecule has 1 aromatic rings. The van der Waals surface area contributed by atoms with Crippen LogP contribution in [0.25, 0.3) is 0 Å². The van der Waals surface area contributed by atoms with Crippen LogP contribution in [0.15, 0.2) is 18.2 Å². The maximum absolute atomic E-state index is 12.1. The molecule has 1 fully saturated rings. The Bertz CT molecular complexity index is 516. The zero-order valence-electron chi connectivity index (χ0n) is 9.67. The minimum absolute atomic E-state index is 0.311. The van der Waals surface area contributed by atoms with E-state index < -0.39 is 5.54 Å². The maximum atomic E-state index is 12.1. The second kappa shape index (κ2) is 5.17. The van der Waals surface area contributed by atoms with Gasteiger partial charge in [-0.05, 0) is 43.9 Å². The van der Waals surface area contributed by atoms with E-state index in [1.54, 1.807) is 12.1 Å². The maximum Gasteiger partial charge on any atom is 0.254 e. The summed E-state index contributed by atoms with van der Waals surface area (Å²) in [6.07, 6.45) is 3.29. The number of carbonyl (C=O) groups is 1. The van der Waals surface area contributed by atoms with Gasteiger partial charge >= 0.3 is 0 Å². The van der Waals surface area contributed by atoms with Crippen molar-refractivity contribution >= 4 is 29.1 Å². The lowest BCUT2D eigenvalue weighted by molar-refractivity contribution is 0.0921. The Labute approximate surface area is 116 Å². The summed E-state index contributed by atoms with van der Waals surface area (Å²) in [4.78, 5) is 12.1. The van der Waals surface area contributed by atoms with Crippen molar-refractivity contribution in [2.45, 2.75) is 31.2 Å². The summed E-state index contributed by atoms with van der Waals surface area (Å²) in [5.41, 5.74) is -0.436. The molecule has 1 N–H and O–H groups in total. The first kappa shape index (κ1) is 13.2. The van der Waals surface area contributed by atoms with Gasteiger partial charge in [-0.2, -0.15) is 5.26 Å². The van der Waals surface area contributed by atoms with Gasteiger partial charge in [0.1, 0.15) is 5.54 Å². The van der Waals surface area contributed by atoms with Gasteiger partial charge in [-0.1, -0.05) is 23.2 Å². The quantitative estimate of drug-likeness (QED) is 0.902. The molecule has 0 atom stereocenters. The molecule has 1 aliphatic carbocycles. The molecule has 3 nitrogen and oxygen atoms in total. The predicted octanol–water partition coefficient (Wildman–Crippen LogP) is 3.56. The molecule has 0 aliphatic heterocycles. The van der Waals surface area contributed by atoms with Crippen molar-refractivity contribution in [3.63, 3.8) is 0 Å². The van der Waals surface area contributed by atoms with Crippen LogP contribution in [0.2, 0.25) is 10.0 Å². The summed E-state index contributed by atoms with van der Waals surface area (Å²) in [6, 6.07) is 6.91. The number of nitrogens with zero attached hydrogens (tertiary/aromatic N) is 1. The average molecular weight is 283 g/mol. The lowest BCUT2D eigenvalue weighted by Gasteiger charge is -2.22. The SMILES string of the molecule is N#CC1(NC(=O)c2cc(Cl)ccc2Cl)CCCC1. The molecule has 0 spiro atoms. The summed E-state index contributed by atoms with van der Waals surface area (Å²) < 4.78 is 0. The van der Waals surface area contributed by atoms with Crippen LogP contribution >= 0.6 is 23.2 Å². The first-order valence-corrected chi connectivity index (χ1v) is 6.51. The van der Waals surface area contributed by atoms with Crippen molar-refractivity contribution in [1.82, 2.24) is 5.32 Å². The van der Waals surface area contributed by atoms with Gasteiger partial charge in [-0.25, -0.2) is 0 Å². The van der Waals surface area contributed by atoms with E-state index in [1.165, 1.54) is 6.07 Å². The van der Waals surface area contributed by atoms with Crippen molar-refractivity contribution in [1.29, 1.82) is 5.26 Å². The lowest BCUT2D eigenvalue weighted by atomic mass is 9.99. The van der Waals surface area contributed by atoms with Gasteiger partial charge in [0, 0.05) is 5.02 Å². The normalized spacial score (nSPS) is 17.2. The van der Waals surface area contributed by atoms with Gasteiger partial charge in [-0.3, -0.25) is 4.79 Å². The Morgan fingerprint density at radius 3 is 2.61 bits per heavy atom. The van der Waals surface area contributed by atoms with E-state index >= 15 is 0 Å². The van der Waals surface area contributed by atoms with Crippen LogP contribution in [0, 0.1) is 11.3 Å². The van der Waals surface area contributed by atoms with E-state index in [0.717, 1.165) is 12.8 Å². The van der Waals surface area contributed by atoms with Gasteiger partial charge in [0.05, 0.1) is 16.7 Å². The molecule has 0 radical (unpaired) electrons. The molecule has 1 saturated carbocycles. The van der Waals surface area contributed by atoms with Crippen LogP contribution in [0.4, 0.5) is 0 Å². The number of nitrogens with one attached hydrogen (secondary N) is 1. The van der Waals surface area contributed by atoms with Crippen LogP contribution in [0.3, 0.4) is 0 Å². The van der Waals surface area contributed by atoms with Crippen molar-refractivity contribution in [3.05, 3.63) is 33.8 Å². The summed E-state index contributed by atoms with van der Waals surface area (Å²) in [5.74, 6) is -0.342. The Balaban J connectivity index is 2.22. The standard InChI is InChI=1S/C13H12Cl2N2O/c14-9-3-4-11(15)10(7-9)12(18)17-13(8-16)5-1-2-6-13/h3-4,7H,1-2,5-6H2,(H,17,18). The summed E-state index contributed by atoms with van der Waals surface area (Å²) in [5, 5.41) is 12.8. The highest BCUT2D eigenvalue weighted by Crippen LogP contribution is 2.30. The fourth-order valence-corrected chi connectivity index (χ4v) is 2.57. The summed E-state index contributed by atoms with van der Waals surface area (Å²) >= 11 is 11.8. The van der Waals surface area contributed by atoms with E-state index in [0.29, 0.717) is 28.5 Å². The van der Waals surface area contributed by atoms with Crippen LogP contribution in [0.1, 0.15) is 36.0 Å². The summed E-state index contributed by atoms with van der Waals surface area (Å²) in [7, 11) is 0. The predicted molar refractivity (Wildman–Crippen MR) is 70.7 cm³/mol. The fraction of sp³-hybridized carbons (Fsp3) is 0.385. The number of carbonyl (C=O) groups excluding carboxylic acids is 1. The first-order valence-electron chi connectivity index (χ1n) is 5.75. The average Bonchev–Trinajstić information content (AvgIpc) is 2.81. The molecule has 0 heterocycles. The molecule has 1 amide bonds. The molecule has 0 saturated heterocycles. The van der Waals surface area contributed by atoms with Gasteiger partial charge in [0.15, 0.2) is 0 Å². The van der Waals surface area contributed by atoms with Crippen LogP contribution in [0.5, 0.6) is 0 Å². The van der Waals surface area contributed by atoms with Crippen molar-refractivity contribution < 1.29 is 4.79 Å². The molecule has 1 aliphatic rings. The monoisotopic (exact) mass is 282 g/mol. The van der Waals surface area contributed by atoms with Crippen LogP contribution in [-0.2, 0) is 0 Å². The molecule has 0 aromatic heterocycles. The Morgan fingerprint density at radius 1 is 1.33 bits per heavy atom. The largest absolute Gasteiger partial charge is 0.334 e. The highest BCUT2D eigenvalue weighted by Gasteiger charge is 2.35. The number of amides is 1. The molecule has 1 aromatic carbocycles. The minimum atomic E-state index is -0.747. The van der Waals surface area contributed by atoms with Crippen molar-refractivity contribution in [2.24, 2.45) is 0 Å². The highest BCUT2D eigenvalue weighted by molar-refractivity contribution is 6.35. The third kappa shape index (κ3) is 2.60. The van der Waals surface area contributed by atoms with Gasteiger partial charge in [0.25, 0.3) is 5.91 Å². The molecular formula is C13H12Cl2N2O. The number of nitriles is 1. The molecule has 0 bridgehead atoms. The minimum Gasteiger partial charge on any atom is -0.334 e. The fourth-order valence-electron chi connectivity index (χ4n) is 2.20. The molecular weight excluding hydrogens is 271 g/mol. The van der Waals surface area contributed by atoms with Gasteiger partial charge < -0.3 is 5.32 Å². The topological polar surface area (TPSA) is 52.9 Å². The zero-order chi connectivity index (χ0) is 13.2. The van der Waals surface area contributed by atoms with E-state index in [2.05, 4.69) is 11.4 Å². The van der Waals surface area contributed by atoms with E-state index in [4.69, 9.17) is 23.2 Å². The van der Waals surface area contributed by atoms with Crippen molar-refractivity contribution in [3.8, 4) is 6.07 Å². The van der Waals surface area contributed by atoms with E-state index in [-0.39, 0.29) is 5.91 Å². The number of hydrogen-bond acceptors (Lipinski definition) is 2. The van der Waals surface area contributed by atoms with E-state index in [9.17, 15) is 10.1 Å². The summed E-state index contributed by atoms with van der Waals surface area (Å²) in [6.45, 7) is 0. The second-order valence-corrected chi connectivity index (χ2v) is 5.32. The van der Waals surface area contributed by atoms with Crippen molar-refractivity contribution in [2.75, 3.05) is 0 Å². The number of benzene rings is 1. The molecule has 5 heteroatoms. The second-order valence-electron chi connectivity index (χ2n) is 4.48. The Morgan fingerprint density at radius 2 is 2.00 bits per heavy atom. The zero-order valence-corrected chi connectivity index (χ0v) is 11.2. The van der Waals surface area contributed by atoms with Crippen LogP contribution < -0.4 is 5.32 Å². The number of halogens is 2. The number of hydrogen-bond donors (Lipinski definition) is 1. The highest BCUT2D eigenvalue weighted by atomic mass is 35.5. The third-order valence-corrected chi connectivity index (χ3v) is 3.76. The lowest BCUT2D eigenvalue weighted by Crippen LogP contribution is -2.45. The molecule has 94 valence electrons. The number of rotatable bonds is 2. The third-order valence-electron chi connectivity index (χ3n) is 3.20. The smallest absolute Gasteiger partial charge is 0.254 e. The molecule has 2 rings (SSSR count). The first-order chi connectivity index (χ1) is 8.56. The molecule has 18 heavy (non-hydrogen) atoms. The molecule has 0 unspecified atom stereocenters. The van der Waals surface area contributed by atoms with E-state index in [1.807, 2.05) is 0 Å². The van der Waals surface area contributed by atoms with Gasteiger partial charge in [-0.15, -0.1) is 0 Å². The van der Waals surface area contributed by atoms with Gasteiger partial charge in [0.2, 0.25) is 0 Å².